The molecule has 0 aliphatic rings. The number of para-hydroxylation sites is 1. The van der Waals surface area contributed by atoms with E-state index < -0.39 is 34.0 Å². The third-order valence-corrected chi connectivity index (χ3v) is 7.52. The van der Waals surface area contributed by atoms with Crippen molar-refractivity contribution in [1.82, 2.24) is 8.87 Å². The number of carbonyl (C=O) groups is 1. The molecule has 188 valence electrons. The van der Waals surface area contributed by atoms with Crippen molar-refractivity contribution in [2.24, 2.45) is 5.73 Å². The Morgan fingerprint density at radius 2 is 1.44 bits per heavy atom. The SMILES string of the molecule is NC(=O)[C@@H](Cc1cn(Cc2ccccc2)c2ccccc12)N(Cc1ccccc1)S(=O)(=O)C(F)(F)F. The van der Waals surface area contributed by atoms with Crippen LogP contribution in [0.5, 0.6) is 0 Å². The number of nitrogens with two attached hydrogens (primary N) is 1. The minimum absolute atomic E-state index is 0.161. The van der Waals surface area contributed by atoms with Gasteiger partial charge >= 0.3 is 15.5 Å². The Bertz CT molecular complexity index is 1450. The van der Waals surface area contributed by atoms with Crippen molar-refractivity contribution < 1.29 is 26.4 Å². The molecule has 0 spiro atoms. The smallest absolute Gasteiger partial charge is 0.368 e. The summed E-state index contributed by atoms with van der Waals surface area (Å²) in [6.07, 6.45) is 1.41. The van der Waals surface area contributed by atoms with Gasteiger partial charge in [0.15, 0.2) is 0 Å². The van der Waals surface area contributed by atoms with Crippen LogP contribution in [-0.4, -0.2) is 34.7 Å². The van der Waals surface area contributed by atoms with E-state index in [9.17, 15) is 26.4 Å². The predicted octanol–water partition coefficient (Wildman–Crippen LogP) is 4.44. The highest BCUT2D eigenvalue weighted by Crippen LogP contribution is 2.32. The van der Waals surface area contributed by atoms with Crippen molar-refractivity contribution in [3.8, 4) is 0 Å². The maximum atomic E-state index is 13.7. The molecule has 0 aliphatic heterocycles. The van der Waals surface area contributed by atoms with Gasteiger partial charge in [0.1, 0.15) is 6.04 Å². The third kappa shape index (κ3) is 5.29. The predicted molar refractivity (Wildman–Crippen MR) is 131 cm³/mol. The van der Waals surface area contributed by atoms with Crippen LogP contribution in [0, 0.1) is 0 Å². The van der Waals surface area contributed by atoms with Gasteiger partial charge in [-0.2, -0.15) is 17.5 Å². The number of alkyl halides is 3. The molecule has 0 aliphatic carbocycles. The van der Waals surface area contributed by atoms with E-state index in [1.807, 2.05) is 47.0 Å². The first-order valence-corrected chi connectivity index (χ1v) is 12.5. The summed E-state index contributed by atoms with van der Waals surface area (Å²) in [5, 5.41) is 0.698. The van der Waals surface area contributed by atoms with Crippen LogP contribution in [0.4, 0.5) is 13.2 Å². The second-order valence-electron chi connectivity index (χ2n) is 8.39. The molecule has 1 aromatic heterocycles. The standard InChI is InChI=1S/C26H24F3N3O3S/c27-26(28,29)36(34,35)32(17-20-11-5-2-6-12-20)24(25(30)33)15-21-18-31(16-19-9-3-1-4-10-19)23-14-8-7-13-22(21)23/h1-14,18,24H,15-17H2,(H2,30,33)/t24-/m1/s1. The Balaban J connectivity index is 1.77. The molecule has 1 atom stereocenters. The summed E-state index contributed by atoms with van der Waals surface area (Å²) in [6, 6.07) is 22.8. The van der Waals surface area contributed by atoms with Crippen molar-refractivity contribution in [3.05, 3.63) is 108 Å². The lowest BCUT2D eigenvalue weighted by atomic mass is 10.0. The molecule has 4 rings (SSSR count). The summed E-state index contributed by atoms with van der Waals surface area (Å²) in [6.45, 7) is -0.171. The Kier molecular flexibility index (Phi) is 7.18. The second-order valence-corrected chi connectivity index (χ2v) is 10.3. The Morgan fingerprint density at radius 1 is 0.889 bits per heavy atom. The van der Waals surface area contributed by atoms with Gasteiger partial charge in [0.25, 0.3) is 0 Å². The zero-order chi connectivity index (χ0) is 25.9. The fourth-order valence-corrected chi connectivity index (χ4v) is 5.31. The summed E-state index contributed by atoms with van der Waals surface area (Å²) in [5.41, 5.74) is 2.54. The van der Waals surface area contributed by atoms with Gasteiger partial charge < -0.3 is 10.3 Å². The molecule has 3 aromatic carbocycles. The van der Waals surface area contributed by atoms with E-state index >= 15 is 0 Å². The summed E-state index contributed by atoms with van der Waals surface area (Å²) >= 11 is 0. The van der Waals surface area contributed by atoms with Gasteiger partial charge in [-0.15, -0.1) is 0 Å². The fourth-order valence-electron chi connectivity index (χ4n) is 4.21. The summed E-state index contributed by atoms with van der Waals surface area (Å²) < 4.78 is 68.2. The van der Waals surface area contributed by atoms with Crippen LogP contribution in [0.3, 0.4) is 0 Å². The normalized spacial score (nSPS) is 13.2. The van der Waals surface area contributed by atoms with Crippen LogP contribution < -0.4 is 5.73 Å². The number of hydrogen-bond donors (Lipinski definition) is 1. The molecular weight excluding hydrogens is 491 g/mol. The number of nitrogens with zero attached hydrogens (tertiary/aromatic N) is 2. The van der Waals surface area contributed by atoms with E-state index in [1.165, 1.54) is 12.1 Å². The molecule has 36 heavy (non-hydrogen) atoms. The molecular formula is C26H24F3N3O3S. The van der Waals surface area contributed by atoms with Gasteiger partial charge in [-0.05, 0) is 22.8 Å². The first kappa shape index (κ1) is 25.5. The lowest BCUT2D eigenvalue weighted by Gasteiger charge is -2.29. The van der Waals surface area contributed by atoms with Gasteiger partial charge in [0.2, 0.25) is 5.91 Å². The minimum atomic E-state index is -5.87. The van der Waals surface area contributed by atoms with Crippen LogP contribution in [0.15, 0.2) is 91.1 Å². The van der Waals surface area contributed by atoms with Crippen LogP contribution in [0.1, 0.15) is 16.7 Å². The minimum Gasteiger partial charge on any atom is -0.368 e. The van der Waals surface area contributed by atoms with E-state index in [0.717, 1.165) is 11.1 Å². The van der Waals surface area contributed by atoms with Gasteiger partial charge in [-0.1, -0.05) is 78.9 Å². The van der Waals surface area contributed by atoms with E-state index in [2.05, 4.69) is 0 Å². The molecule has 4 aromatic rings. The fraction of sp³-hybridized carbons (Fsp3) is 0.192. The first-order chi connectivity index (χ1) is 17.1. The number of hydrogen-bond acceptors (Lipinski definition) is 3. The Hall–Kier alpha value is -3.63. The maximum absolute atomic E-state index is 13.7. The van der Waals surface area contributed by atoms with Crippen LogP contribution in [-0.2, 0) is 34.3 Å². The number of rotatable bonds is 9. The monoisotopic (exact) mass is 515 g/mol. The van der Waals surface area contributed by atoms with E-state index in [1.54, 1.807) is 36.5 Å². The van der Waals surface area contributed by atoms with Gasteiger partial charge in [0, 0.05) is 36.6 Å². The average Bonchev–Trinajstić information content (AvgIpc) is 3.19. The van der Waals surface area contributed by atoms with E-state index in [-0.39, 0.29) is 10.7 Å². The number of aromatic nitrogens is 1. The summed E-state index contributed by atoms with van der Waals surface area (Å²) in [7, 11) is -5.87. The van der Waals surface area contributed by atoms with Crippen molar-refractivity contribution in [3.63, 3.8) is 0 Å². The van der Waals surface area contributed by atoms with Crippen molar-refractivity contribution in [2.75, 3.05) is 0 Å². The summed E-state index contributed by atoms with van der Waals surface area (Å²) in [4.78, 5) is 12.5. The highest BCUT2D eigenvalue weighted by Gasteiger charge is 2.52. The molecule has 1 amide bonds. The molecule has 0 bridgehead atoms. The van der Waals surface area contributed by atoms with E-state index in [4.69, 9.17) is 5.73 Å². The zero-order valence-electron chi connectivity index (χ0n) is 19.1. The van der Waals surface area contributed by atoms with Gasteiger partial charge in [-0.3, -0.25) is 4.79 Å². The Labute approximate surface area is 206 Å². The molecule has 0 unspecified atom stereocenters. The number of carbonyl (C=O) groups excluding carboxylic acids is 1. The lowest BCUT2D eigenvalue weighted by Crippen LogP contribution is -2.52. The topological polar surface area (TPSA) is 85.4 Å². The van der Waals surface area contributed by atoms with Crippen LogP contribution in [0.2, 0.25) is 0 Å². The number of primary amides is 1. The van der Waals surface area contributed by atoms with Crippen molar-refractivity contribution >= 4 is 26.8 Å². The molecule has 6 nitrogen and oxygen atoms in total. The molecule has 0 saturated carbocycles. The molecule has 10 heteroatoms. The largest absolute Gasteiger partial charge is 0.511 e. The van der Waals surface area contributed by atoms with Crippen LogP contribution in [0.25, 0.3) is 10.9 Å². The second kappa shape index (κ2) is 10.2. The van der Waals surface area contributed by atoms with Crippen molar-refractivity contribution in [1.29, 1.82) is 0 Å². The average molecular weight is 516 g/mol. The van der Waals surface area contributed by atoms with Crippen molar-refractivity contribution in [2.45, 2.75) is 31.1 Å². The zero-order valence-corrected chi connectivity index (χ0v) is 19.9. The number of amides is 1. The molecule has 0 radical (unpaired) electrons. The lowest BCUT2D eigenvalue weighted by molar-refractivity contribution is -0.122. The van der Waals surface area contributed by atoms with Crippen LogP contribution >= 0.6 is 0 Å². The Morgan fingerprint density at radius 3 is 2.03 bits per heavy atom. The number of halogens is 3. The third-order valence-electron chi connectivity index (χ3n) is 5.94. The van der Waals surface area contributed by atoms with Gasteiger partial charge in [-0.25, -0.2) is 8.42 Å². The quantitative estimate of drug-likeness (QED) is 0.358. The molecule has 0 saturated heterocycles. The maximum Gasteiger partial charge on any atom is 0.511 e. The van der Waals surface area contributed by atoms with Gasteiger partial charge in [0.05, 0.1) is 0 Å². The number of sulfonamides is 1. The van der Waals surface area contributed by atoms with E-state index in [0.29, 0.717) is 23.1 Å². The molecule has 1 heterocycles. The molecule has 2 N–H and O–H groups in total. The summed E-state index contributed by atoms with van der Waals surface area (Å²) in [5.74, 6) is -1.17. The molecule has 0 fully saturated rings. The highest BCUT2D eigenvalue weighted by molar-refractivity contribution is 7.90. The highest BCUT2D eigenvalue weighted by atomic mass is 32.2. The number of fused-ring (bicyclic) bond motifs is 1. The number of benzene rings is 3. The first-order valence-electron chi connectivity index (χ1n) is 11.1.